The maximum Gasteiger partial charge on any atom is 1.00 e. The van der Waals surface area contributed by atoms with Gasteiger partial charge in [0, 0.05) is 11.9 Å². The molecule has 0 amide bonds. The molecular formula is C34H62Na2O8. The molecule has 0 N–H and O–H groups in total. The standard InChI is InChI=1S/C15H26O4.C14H26O4.C5H12.2Na/c1-5-12-7-10(3)11(4)8-13(6-2)15(17)19-9-18-14(12)16;1-5-11(13(15)16)7-9(3)10(4)8-12(6-2)14(17)18;1-5(2,3)4;;/h10-13H,5-9H2,1-4H3;9-12H,5-8H2,1-4H3,(H,15,16)(H,17,18);1-4H3;;/q;;;2*+1/p-2. The van der Waals surface area contributed by atoms with Gasteiger partial charge in [-0.1, -0.05) is 83.1 Å². The van der Waals surface area contributed by atoms with Gasteiger partial charge < -0.3 is 29.3 Å². The van der Waals surface area contributed by atoms with Crippen molar-refractivity contribution in [1.29, 1.82) is 0 Å². The Balaban J connectivity index is -0.000000303. The first-order chi connectivity index (χ1) is 19.3. The van der Waals surface area contributed by atoms with E-state index in [-0.39, 0.29) is 102 Å². The maximum atomic E-state index is 11.9. The Kier molecular flexibility index (Phi) is 31.0. The molecule has 0 radical (unpaired) electrons. The molecule has 0 spiro atoms. The van der Waals surface area contributed by atoms with E-state index in [9.17, 15) is 29.4 Å². The van der Waals surface area contributed by atoms with E-state index in [1.165, 1.54) is 0 Å². The average Bonchev–Trinajstić information content (AvgIpc) is 2.90. The summed E-state index contributed by atoms with van der Waals surface area (Å²) in [5, 5.41) is 21.7. The Morgan fingerprint density at radius 2 is 1.00 bits per heavy atom. The molecule has 8 nitrogen and oxygen atoms in total. The minimum Gasteiger partial charge on any atom is -0.550 e. The molecule has 1 aliphatic heterocycles. The molecule has 1 heterocycles. The summed E-state index contributed by atoms with van der Waals surface area (Å²) in [6.07, 6.45) is 5.37. The predicted octanol–water partition coefficient (Wildman–Crippen LogP) is -0.200. The SMILES string of the molecule is CC(C)(C)C.CCC(CC(C)C(C)CC(CC)C(=O)[O-])C(=O)[O-].CCC1CC(C)C(C)CC(CC)C(=O)OCOC1=O.[Na+].[Na+]. The summed E-state index contributed by atoms with van der Waals surface area (Å²) in [7, 11) is 0. The Hall–Kier alpha value is -0.120. The molecule has 1 aliphatic rings. The van der Waals surface area contributed by atoms with Crippen molar-refractivity contribution < 1.29 is 98.0 Å². The summed E-state index contributed by atoms with van der Waals surface area (Å²) in [6.45, 7) is 24.4. The van der Waals surface area contributed by atoms with Crippen LogP contribution in [-0.4, -0.2) is 30.7 Å². The van der Waals surface area contributed by atoms with Crippen molar-refractivity contribution in [2.45, 2.75) is 134 Å². The van der Waals surface area contributed by atoms with Crippen molar-refractivity contribution in [3.05, 3.63) is 0 Å². The number of rotatable bonds is 11. The number of carbonyl (C=O) groups excluding carboxylic acids is 4. The zero-order chi connectivity index (χ0) is 33.2. The topological polar surface area (TPSA) is 133 Å². The van der Waals surface area contributed by atoms with Crippen molar-refractivity contribution in [3.63, 3.8) is 0 Å². The second-order valence-corrected chi connectivity index (χ2v) is 14.0. The summed E-state index contributed by atoms with van der Waals surface area (Å²) in [5.74, 6) is -2.43. The predicted molar refractivity (Wildman–Crippen MR) is 162 cm³/mol. The number of hydrogen-bond acceptors (Lipinski definition) is 8. The molecule has 1 fully saturated rings. The third-order valence-corrected chi connectivity index (χ3v) is 8.27. The molecule has 0 aromatic carbocycles. The van der Waals surface area contributed by atoms with E-state index < -0.39 is 23.8 Å². The van der Waals surface area contributed by atoms with E-state index in [1.807, 2.05) is 41.5 Å². The smallest absolute Gasteiger partial charge is 0.550 e. The maximum absolute atomic E-state index is 11.9. The van der Waals surface area contributed by atoms with E-state index >= 15 is 0 Å². The third kappa shape index (κ3) is 24.1. The van der Waals surface area contributed by atoms with Crippen molar-refractivity contribution in [1.82, 2.24) is 0 Å². The van der Waals surface area contributed by atoms with Gasteiger partial charge in [0.1, 0.15) is 0 Å². The Morgan fingerprint density at radius 3 is 1.20 bits per heavy atom. The third-order valence-electron chi connectivity index (χ3n) is 8.27. The normalized spacial score (nSPS) is 23.4. The Bertz CT molecular complexity index is 735. The monoisotopic (exact) mass is 644 g/mol. The summed E-state index contributed by atoms with van der Waals surface area (Å²) in [5.41, 5.74) is 0.500. The van der Waals surface area contributed by atoms with Crippen LogP contribution < -0.4 is 69.3 Å². The Morgan fingerprint density at radius 1 is 0.727 bits per heavy atom. The molecule has 44 heavy (non-hydrogen) atoms. The van der Waals surface area contributed by atoms with Gasteiger partial charge in [0.05, 0.1) is 11.8 Å². The van der Waals surface area contributed by atoms with E-state index in [0.717, 1.165) is 25.7 Å². The van der Waals surface area contributed by atoms with Crippen molar-refractivity contribution in [2.75, 3.05) is 6.79 Å². The largest absolute Gasteiger partial charge is 1.00 e. The number of aliphatic carboxylic acids is 2. The van der Waals surface area contributed by atoms with E-state index in [2.05, 4.69) is 41.5 Å². The van der Waals surface area contributed by atoms with Gasteiger partial charge in [0.25, 0.3) is 0 Å². The van der Waals surface area contributed by atoms with Crippen LogP contribution >= 0.6 is 0 Å². The van der Waals surface area contributed by atoms with Crippen LogP contribution in [-0.2, 0) is 28.7 Å². The van der Waals surface area contributed by atoms with Crippen LogP contribution in [0.5, 0.6) is 0 Å². The van der Waals surface area contributed by atoms with Crippen LogP contribution in [0.3, 0.4) is 0 Å². The number of carbonyl (C=O) groups is 4. The summed E-state index contributed by atoms with van der Waals surface area (Å²) >= 11 is 0. The van der Waals surface area contributed by atoms with Gasteiger partial charge in [-0.3, -0.25) is 9.59 Å². The quantitative estimate of drug-likeness (QED) is 0.223. The minimum atomic E-state index is -1.01. The molecule has 248 valence electrons. The Labute approximate surface area is 313 Å². The van der Waals surface area contributed by atoms with E-state index in [1.54, 1.807) is 0 Å². The second-order valence-electron chi connectivity index (χ2n) is 14.0. The molecule has 0 aliphatic carbocycles. The summed E-state index contributed by atoms with van der Waals surface area (Å²) < 4.78 is 10.1. The number of hydrogen-bond donors (Lipinski definition) is 0. The summed E-state index contributed by atoms with van der Waals surface area (Å²) in [4.78, 5) is 45.5. The molecule has 0 aromatic heterocycles. The number of carboxylic acids is 2. The zero-order valence-corrected chi connectivity index (χ0v) is 34.7. The van der Waals surface area contributed by atoms with Gasteiger partial charge in [0.2, 0.25) is 6.79 Å². The zero-order valence-electron chi connectivity index (χ0n) is 30.7. The number of ether oxygens (including phenoxy) is 2. The van der Waals surface area contributed by atoms with Gasteiger partial charge in [-0.05, 0) is 92.3 Å². The summed E-state index contributed by atoms with van der Waals surface area (Å²) in [6, 6.07) is 0. The van der Waals surface area contributed by atoms with Crippen molar-refractivity contribution in [3.8, 4) is 0 Å². The molecule has 0 bridgehead atoms. The van der Waals surface area contributed by atoms with E-state index in [4.69, 9.17) is 9.47 Å². The van der Waals surface area contributed by atoms with Gasteiger partial charge in [-0.2, -0.15) is 0 Å². The van der Waals surface area contributed by atoms with Gasteiger partial charge in [0.15, 0.2) is 0 Å². The van der Waals surface area contributed by atoms with Gasteiger partial charge in [-0.15, -0.1) is 0 Å². The van der Waals surface area contributed by atoms with Crippen molar-refractivity contribution in [2.24, 2.45) is 52.8 Å². The molecule has 10 heteroatoms. The van der Waals surface area contributed by atoms with Crippen LogP contribution in [0.1, 0.15) is 134 Å². The number of carboxylic acid groups (broad SMARTS) is 2. The van der Waals surface area contributed by atoms with Crippen LogP contribution in [0.2, 0.25) is 0 Å². The number of esters is 2. The molecule has 0 aromatic rings. The molecule has 1 rings (SSSR count). The molecular weight excluding hydrogens is 582 g/mol. The number of cyclic esters (lactones) is 2. The first-order valence-corrected chi connectivity index (χ1v) is 16.1. The molecule has 8 atom stereocenters. The fraction of sp³-hybridized carbons (Fsp3) is 0.882. The fourth-order valence-electron chi connectivity index (χ4n) is 4.82. The molecule has 0 saturated carbocycles. The van der Waals surface area contributed by atoms with Crippen LogP contribution in [0.4, 0.5) is 0 Å². The first kappa shape index (κ1) is 50.7. The molecule has 8 unspecified atom stereocenters. The van der Waals surface area contributed by atoms with E-state index in [0.29, 0.717) is 42.9 Å². The molecule has 1 saturated heterocycles. The van der Waals surface area contributed by atoms with Gasteiger partial charge in [-0.25, -0.2) is 0 Å². The first-order valence-electron chi connectivity index (χ1n) is 16.1. The second kappa shape index (κ2) is 26.9. The minimum absolute atomic E-state index is 0. The van der Waals surface area contributed by atoms with Gasteiger partial charge >= 0.3 is 71.1 Å². The fourth-order valence-corrected chi connectivity index (χ4v) is 4.82. The van der Waals surface area contributed by atoms with Crippen molar-refractivity contribution >= 4 is 23.9 Å². The van der Waals surface area contributed by atoms with Crippen LogP contribution in [0.15, 0.2) is 0 Å². The van der Waals surface area contributed by atoms with Crippen LogP contribution in [0.25, 0.3) is 0 Å². The van der Waals surface area contributed by atoms with Crippen LogP contribution in [0, 0.1) is 52.8 Å². The average molecular weight is 645 g/mol.